The van der Waals surface area contributed by atoms with E-state index in [1.54, 1.807) is 0 Å². The molecule has 18 heavy (non-hydrogen) atoms. The molecule has 0 atom stereocenters. The fourth-order valence-electron chi connectivity index (χ4n) is 1.65. The molecule has 5 heteroatoms. The van der Waals surface area contributed by atoms with Gasteiger partial charge in [0.1, 0.15) is 0 Å². The molecule has 1 heterocycles. The van der Waals surface area contributed by atoms with Crippen molar-refractivity contribution in [3.05, 3.63) is 38.9 Å². The van der Waals surface area contributed by atoms with Crippen LogP contribution in [0, 0.1) is 6.92 Å². The highest BCUT2D eigenvalue weighted by molar-refractivity contribution is 9.10. The van der Waals surface area contributed by atoms with E-state index in [0.29, 0.717) is 4.88 Å². The van der Waals surface area contributed by atoms with E-state index in [1.165, 1.54) is 11.3 Å². The number of aromatic nitrogens is 1. The van der Waals surface area contributed by atoms with Crippen molar-refractivity contribution in [2.45, 2.75) is 20.3 Å². The molecule has 94 valence electrons. The van der Waals surface area contributed by atoms with Gasteiger partial charge in [-0.3, -0.25) is 0 Å². The number of rotatable bonds is 3. The molecule has 1 aromatic carbocycles. The van der Waals surface area contributed by atoms with Gasteiger partial charge in [0, 0.05) is 10.0 Å². The summed E-state index contributed by atoms with van der Waals surface area (Å²) >= 11 is 4.92. The Morgan fingerprint density at radius 1 is 1.50 bits per heavy atom. The normalized spacial score (nSPS) is 10.6. The molecule has 0 fully saturated rings. The van der Waals surface area contributed by atoms with Crippen LogP contribution >= 0.6 is 27.3 Å². The molecule has 0 unspecified atom stereocenters. The summed E-state index contributed by atoms with van der Waals surface area (Å²) in [5, 5.41) is 10.1. The summed E-state index contributed by atoms with van der Waals surface area (Å²) in [4.78, 5) is 16.1. The van der Waals surface area contributed by atoms with Gasteiger partial charge in [0.05, 0.1) is 9.88 Å². The van der Waals surface area contributed by atoms with Gasteiger partial charge in [-0.05, 0) is 25.0 Å². The average Bonchev–Trinajstić information content (AvgIpc) is 2.73. The Bertz CT molecular complexity index is 607. The van der Waals surface area contributed by atoms with Crippen molar-refractivity contribution in [3.63, 3.8) is 0 Å². The van der Waals surface area contributed by atoms with E-state index in [9.17, 15) is 9.90 Å². The summed E-state index contributed by atoms with van der Waals surface area (Å²) in [6, 6.07) is 5.88. The molecule has 0 radical (unpaired) electrons. The largest absolute Gasteiger partial charge is 0.476 e. The molecule has 0 aliphatic rings. The minimum absolute atomic E-state index is 0.140. The number of aryl methyl sites for hydroxylation is 2. The number of nitrogens with zero attached hydrogens (tertiary/aromatic N) is 1. The van der Waals surface area contributed by atoms with Crippen molar-refractivity contribution in [2.24, 2.45) is 0 Å². The van der Waals surface area contributed by atoms with Crippen molar-refractivity contribution in [3.8, 4) is 10.4 Å². The zero-order chi connectivity index (χ0) is 13.3. The summed E-state index contributed by atoms with van der Waals surface area (Å²) in [5.74, 6) is -0.978. The first kappa shape index (κ1) is 13.2. The van der Waals surface area contributed by atoms with E-state index in [0.717, 1.165) is 27.0 Å². The molecule has 0 aliphatic carbocycles. The Balaban J connectivity index is 2.62. The fourth-order valence-corrected chi connectivity index (χ4v) is 3.50. The molecule has 2 aromatic rings. The molecule has 3 nitrogen and oxygen atoms in total. The van der Waals surface area contributed by atoms with Crippen LogP contribution in [0.15, 0.2) is 22.7 Å². The van der Waals surface area contributed by atoms with Crippen LogP contribution in [0.1, 0.15) is 28.0 Å². The van der Waals surface area contributed by atoms with Gasteiger partial charge in [0.2, 0.25) is 0 Å². The number of hydrogen-bond acceptors (Lipinski definition) is 3. The molecule has 0 aliphatic heterocycles. The second-order valence-corrected chi connectivity index (χ2v) is 5.87. The number of aromatic carboxylic acids is 1. The highest BCUT2D eigenvalue weighted by Crippen LogP contribution is 2.36. The highest BCUT2D eigenvalue weighted by Gasteiger charge is 2.19. The quantitative estimate of drug-likeness (QED) is 0.922. The number of carbonyl (C=O) groups is 1. The minimum atomic E-state index is -0.978. The zero-order valence-corrected chi connectivity index (χ0v) is 12.4. The van der Waals surface area contributed by atoms with Gasteiger partial charge in [-0.25, -0.2) is 9.78 Å². The third kappa shape index (κ3) is 2.47. The van der Waals surface area contributed by atoms with Gasteiger partial charge in [-0.2, -0.15) is 0 Å². The van der Waals surface area contributed by atoms with Crippen molar-refractivity contribution in [1.82, 2.24) is 4.98 Å². The van der Waals surface area contributed by atoms with Gasteiger partial charge >= 0.3 is 5.97 Å². The third-order valence-electron chi connectivity index (χ3n) is 2.55. The maximum atomic E-state index is 11.2. The lowest BCUT2D eigenvalue weighted by Crippen LogP contribution is -1.99. The molecule has 0 spiro atoms. The van der Waals surface area contributed by atoms with E-state index < -0.39 is 5.97 Å². The Morgan fingerprint density at radius 2 is 2.22 bits per heavy atom. The van der Waals surface area contributed by atoms with Crippen LogP contribution in [0.4, 0.5) is 0 Å². The van der Waals surface area contributed by atoms with Gasteiger partial charge in [0.15, 0.2) is 5.69 Å². The first-order valence-corrected chi connectivity index (χ1v) is 7.13. The average molecular weight is 326 g/mol. The molecule has 0 saturated carbocycles. The Labute approximate surface area is 118 Å². The van der Waals surface area contributed by atoms with E-state index in [2.05, 4.69) is 20.9 Å². The summed E-state index contributed by atoms with van der Waals surface area (Å²) in [6.07, 6.45) is 0.744. The van der Waals surface area contributed by atoms with Crippen LogP contribution in [0.3, 0.4) is 0 Å². The lowest BCUT2D eigenvalue weighted by molar-refractivity contribution is 0.0692. The third-order valence-corrected chi connectivity index (χ3v) is 4.43. The smallest absolute Gasteiger partial charge is 0.356 e. The maximum absolute atomic E-state index is 11.2. The van der Waals surface area contributed by atoms with Crippen molar-refractivity contribution >= 4 is 33.2 Å². The topological polar surface area (TPSA) is 50.2 Å². The van der Waals surface area contributed by atoms with E-state index >= 15 is 0 Å². The van der Waals surface area contributed by atoms with Crippen LogP contribution in [0.25, 0.3) is 10.4 Å². The Hall–Kier alpha value is -1.20. The molecule has 0 saturated heterocycles. The van der Waals surface area contributed by atoms with Gasteiger partial charge < -0.3 is 5.11 Å². The van der Waals surface area contributed by atoms with Crippen molar-refractivity contribution < 1.29 is 9.90 Å². The van der Waals surface area contributed by atoms with Crippen LogP contribution in [-0.4, -0.2) is 16.1 Å². The predicted molar refractivity (Wildman–Crippen MR) is 76.3 cm³/mol. The number of thiazole rings is 1. The number of carboxylic acid groups (broad SMARTS) is 1. The molecule has 1 N–H and O–H groups in total. The van der Waals surface area contributed by atoms with E-state index in [1.807, 2.05) is 32.0 Å². The fraction of sp³-hybridized carbons (Fsp3) is 0.231. The summed E-state index contributed by atoms with van der Waals surface area (Å²) in [7, 11) is 0. The first-order chi connectivity index (χ1) is 8.52. The predicted octanol–water partition coefficient (Wildman–Crippen LogP) is 4.14. The molecule has 1 aromatic heterocycles. The molecular formula is C13H12BrNO2S. The van der Waals surface area contributed by atoms with Crippen LogP contribution in [0.5, 0.6) is 0 Å². The molecular weight excluding hydrogens is 314 g/mol. The lowest BCUT2D eigenvalue weighted by atomic mass is 10.1. The summed E-state index contributed by atoms with van der Waals surface area (Å²) < 4.78 is 0.899. The summed E-state index contributed by atoms with van der Waals surface area (Å²) in [6.45, 7) is 3.97. The van der Waals surface area contributed by atoms with E-state index in [-0.39, 0.29) is 5.69 Å². The Morgan fingerprint density at radius 3 is 2.78 bits per heavy atom. The molecule has 2 rings (SSSR count). The first-order valence-electron chi connectivity index (χ1n) is 5.52. The van der Waals surface area contributed by atoms with E-state index in [4.69, 9.17) is 0 Å². The maximum Gasteiger partial charge on any atom is 0.356 e. The van der Waals surface area contributed by atoms with Gasteiger partial charge in [-0.1, -0.05) is 35.0 Å². The van der Waals surface area contributed by atoms with Gasteiger partial charge in [0.25, 0.3) is 0 Å². The number of benzene rings is 1. The second-order valence-electron chi connectivity index (χ2n) is 3.93. The SMILES string of the molecule is CCc1nc(C(=O)O)c(-c2ccc(C)cc2Br)s1. The monoisotopic (exact) mass is 325 g/mol. The molecule has 0 bridgehead atoms. The Kier molecular flexibility index (Phi) is 3.82. The minimum Gasteiger partial charge on any atom is -0.476 e. The highest BCUT2D eigenvalue weighted by atomic mass is 79.9. The van der Waals surface area contributed by atoms with Crippen molar-refractivity contribution in [2.75, 3.05) is 0 Å². The van der Waals surface area contributed by atoms with Crippen LogP contribution < -0.4 is 0 Å². The second kappa shape index (κ2) is 5.20. The lowest BCUT2D eigenvalue weighted by Gasteiger charge is -2.03. The van der Waals surface area contributed by atoms with Crippen LogP contribution in [0.2, 0.25) is 0 Å². The van der Waals surface area contributed by atoms with Crippen LogP contribution in [-0.2, 0) is 6.42 Å². The zero-order valence-electron chi connectivity index (χ0n) is 10.0. The van der Waals surface area contributed by atoms with Gasteiger partial charge in [-0.15, -0.1) is 11.3 Å². The number of hydrogen-bond donors (Lipinski definition) is 1. The van der Waals surface area contributed by atoms with Crippen molar-refractivity contribution in [1.29, 1.82) is 0 Å². The summed E-state index contributed by atoms with van der Waals surface area (Å²) in [5.41, 5.74) is 2.15. The number of carboxylic acids is 1. The standard InChI is InChI=1S/C13H12BrNO2S/c1-3-10-15-11(13(16)17)12(18-10)8-5-4-7(2)6-9(8)14/h4-6H,3H2,1-2H3,(H,16,17). The number of halogens is 1. The molecule has 0 amide bonds.